The fraction of sp³-hybridized carbons (Fsp3) is 0.391. The van der Waals surface area contributed by atoms with Crippen molar-refractivity contribution in [1.82, 2.24) is 20.2 Å². The number of imidazole rings is 1. The fourth-order valence-corrected chi connectivity index (χ4v) is 5.03. The quantitative estimate of drug-likeness (QED) is 0.644. The number of aromatic amines is 1. The van der Waals surface area contributed by atoms with Gasteiger partial charge in [-0.15, -0.1) is 0 Å². The van der Waals surface area contributed by atoms with Gasteiger partial charge in [0, 0.05) is 24.4 Å². The van der Waals surface area contributed by atoms with Gasteiger partial charge in [0.2, 0.25) is 5.91 Å². The number of benzene rings is 2. The third-order valence-electron chi connectivity index (χ3n) is 5.25. The van der Waals surface area contributed by atoms with E-state index in [1.165, 1.54) is 11.1 Å². The maximum Gasteiger partial charge on any atom is 0.237 e. The largest absolute Gasteiger partial charge is 0.353 e. The number of H-pyrrole nitrogens is 1. The number of nitrogens with zero attached hydrogens (tertiary/aromatic N) is 2. The van der Waals surface area contributed by atoms with E-state index < -0.39 is 0 Å². The van der Waals surface area contributed by atoms with E-state index in [-0.39, 0.29) is 18.0 Å². The van der Waals surface area contributed by atoms with Gasteiger partial charge in [0.1, 0.15) is 0 Å². The highest BCUT2D eigenvalue weighted by atomic mass is 32.2. The number of aryl methyl sites for hydroxylation is 1. The summed E-state index contributed by atoms with van der Waals surface area (Å²) in [7, 11) is 0. The first-order valence-corrected chi connectivity index (χ1v) is 11.1. The van der Waals surface area contributed by atoms with Gasteiger partial charge in [-0.05, 0) is 44.9 Å². The lowest BCUT2D eigenvalue weighted by atomic mass is 10.1. The molecule has 29 heavy (non-hydrogen) atoms. The molecule has 0 saturated carbocycles. The molecule has 152 valence electrons. The zero-order chi connectivity index (χ0) is 20.4. The molecule has 0 radical (unpaired) electrons. The van der Waals surface area contributed by atoms with Gasteiger partial charge in [0.05, 0.1) is 17.1 Å². The van der Waals surface area contributed by atoms with Crippen molar-refractivity contribution in [1.29, 1.82) is 0 Å². The predicted octanol–water partition coefficient (Wildman–Crippen LogP) is 4.13. The molecular formula is C23H28N4OS. The molecule has 5 nitrogen and oxygen atoms in total. The molecule has 6 heteroatoms. The summed E-state index contributed by atoms with van der Waals surface area (Å²) in [5, 5.41) is 4.35. The van der Waals surface area contributed by atoms with Crippen LogP contribution in [0.1, 0.15) is 31.4 Å². The van der Waals surface area contributed by atoms with Crippen LogP contribution < -0.4 is 5.32 Å². The first-order chi connectivity index (χ1) is 14.0. The van der Waals surface area contributed by atoms with E-state index in [9.17, 15) is 4.79 Å². The summed E-state index contributed by atoms with van der Waals surface area (Å²) in [6.45, 7) is 7.77. The molecule has 2 atom stereocenters. The Kier molecular flexibility index (Phi) is 5.92. The van der Waals surface area contributed by atoms with Crippen molar-refractivity contribution in [2.75, 3.05) is 6.54 Å². The molecule has 3 aromatic rings. The van der Waals surface area contributed by atoms with Crippen molar-refractivity contribution in [3.8, 4) is 0 Å². The molecule has 1 aliphatic heterocycles. The summed E-state index contributed by atoms with van der Waals surface area (Å²) in [5.41, 5.74) is 4.53. The summed E-state index contributed by atoms with van der Waals surface area (Å²) in [6, 6.07) is 16.7. The minimum Gasteiger partial charge on any atom is -0.353 e. The number of carbonyl (C=O) groups excluding carboxylic acids is 1. The molecule has 1 aromatic heterocycles. The fourth-order valence-electron chi connectivity index (χ4n) is 3.85. The molecule has 0 bridgehead atoms. The normalized spacial score (nSPS) is 19.9. The predicted molar refractivity (Wildman–Crippen MR) is 119 cm³/mol. The second kappa shape index (κ2) is 8.59. The van der Waals surface area contributed by atoms with Crippen LogP contribution in [-0.4, -0.2) is 44.7 Å². The van der Waals surface area contributed by atoms with E-state index in [1.807, 2.05) is 38.1 Å². The molecule has 1 fully saturated rings. The minimum atomic E-state index is -0.111. The number of hydrogen-bond acceptors (Lipinski definition) is 4. The van der Waals surface area contributed by atoms with Crippen LogP contribution in [0.2, 0.25) is 0 Å². The van der Waals surface area contributed by atoms with Gasteiger partial charge >= 0.3 is 0 Å². The number of para-hydroxylation sites is 2. The van der Waals surface area contributed by atoms with E-state index in [1.54, 1.807) is 11.8 Å². The minimum absolute atomic E-state index is 0.111. The Morgan fingerprint density at radius 1 is 1.24 bits per heavy atom. The number of amides is 1. The van der Waals surface area contributed by atoms with Crippen molar-refractivity contribution >= 4 is 28.7 Å². The molecule has 2 N–H and O–H groups in total. The average molecular weight is 409 g/mol. The third-order valence-corrected chi connectivity index (χ3v) is 6.34. The van der Waals surface area contributed by atoms with Gasteiger partial charge in [0.25, 0.3) is 0 Å². The van der Waals surface area contributed by atoms with Crippen LogP contribution in [-0.2, 0) is 11.3 Å². The monoisotopic (exact) mass is 408 g/mol. The second-order valence-corrected chi connectivity index (χ2v) is 9.42. The number of fused-ring (bicyclic) bond motifs is 1. The molecule has 1 aliphatic rings. The van der Waals surface area contributed by atoms with Crippen LogP contribution in [0.4, 0.5) is 0 Å². The molecule has 0 spiro atoms. The van der Waals surface area contributed by atoms with Crippen molar-refractivity contribution in [3.05, 3.63) is 59.7 Å². The van der Waals surface area contributed by atoms with Crippen molar-refractivity contribution in [2.24, 2.45) is 0 Å². The first kappa shape index (κ1) is 20.0. The van der Waals surface area contributed by atoms with Crippen molar-refractivity contribution in [3.63, 3.8) is 0 Å². The van der Waals surface area contributed by atoms with Gasteiger partial charge in [-0.2, -0.15) is 0 Å². The summed E-state index contributed by atoms with van der Waals surface area (Å²) in [4.78, 5) is 23.3. The van der Waals surface area contributed by atoms with E-state index in [4.69, 9.17) is 4.98 Å². The van der Waals surface area contributed by atoms with Gasteiger partial charge in [0.15, 0.2) is 5.16 Å². The van der Waals surface area contributed by atoms with Gasteiger partial charge in [-0.3, -0.25) is 9.69 Å². The molecule has 0 unspecified atom stereocenters. The van der Waals surface area contributed by atoms with E-state index in [0.717, 1.165) is 35.7 Å². The molecule has 0 aliphatic carbocycles. The molecule has 1 saturated heterocycles. The lowest BCUT2D eigenvalue weighted by molar-refractivity contribution is -0.126. The zero-order valence-corrected chi connectivity index (χ0v) is 18.0. The van der Waals surface area contributed by atoms with Crippen LogP contribution >= 0.6 is 11.8 Å². The molecule has 2 aromatic carbocycles. The number of likely N-dealkylation sites (tertiary alicyclic amines) is 1. The van der Waals surface area contributed by atoms with Crippen LogP contribution in [0.5, 0.6) is 0 Å². The first-order valence-electron chi connectivity index (χ1n) is 10.2. The Bertz CT molecular complexity index is 949. The van der Waals surface area contributed by atoms with Crippen molar-refractivity contribution < 1.29 is 4.79 Å². The SMILES string of the molecule is Cc1ccc(CN2C[C@@H](Sc3nc4ccccc4[nH]3)C[C@H]2C(=O)NC(C)C)cc1. The van der Waals surface area contributed by atoms with Gasteiger partial charge < -0.3 is 10.3 Å². The highest BCUT2D eigenvalue weighted by molar-refractivity contribution is 7.99. The second-order valence-electron chi connectivity index (χ2n) is 8.13. The van der Waals surface area contributed by atoms with E-state index in [2.05, 4.69) is 46.4 Å². The van der Waals surface area contributed by atoms with Gasteiger partial charge in [-0.25, -0.2) is 4.98 Å². The Labute approximate surface area is 176 Å². The number of thioether (sulfide) groups is 1. The number of aromatic nitrogens is 2. The number of hydrogen-bond donors (Lipinski definition) is 2. The van der Waals surface area contributed by atoms with Crippen LogP contribution in [0.15, 0.2) is 53.7 Å². The Morgan fingerprint density at radius 2 is 2.00 bits per heavy atom. The molecular weight excluding hydrogens is 380 g/mol. The standard InChI is InChI=1S/C23H28N4OS/c1-15(2)24-22(28)21-12-18(14-27(21)13-17-10-8-16(3)9-11-17)29-23-25-19-6-4-5-7-20(19)26-23/h4-11,15,18,21H,12-14H2,1-3H3,(H,24,28)(H,25,26)/t18-,21-/m0/s1. The average Bonchev–Trinajstić information content (AvgIpc) is 3.26. The van der Waals surface area contributed by atoms with E-state index in [0.29, 0.717) is 5.25 Å². The maximum atomic E-state index is 12.9. The molecule has 4 rings (SSSR count). The smallest absolute Gasteiger partial charge is 0.237 e. The summed E-state index contributed by atoms with van der Waals surface area (Å²) in [6.07, 6.45) is 0.826. The van der Waals surface area contributed by atoms with Crippen LogP contribution in [0.25, 0.3) is 11.0 Å². The molecule has 1 amide bonds. The third kappa shape index (κ3) is 4.82. The highest BCUT2D eigenvalue weighted by Gasteiger charge is 2.37. The number of carbonyl (C=O) groups is 1. The summed E-state index contributed by atoms with van der Waals surface area (Å²) in [5.74, 6) is 0.125. The number of rotatable bonds is 6. The van der Waals surface area contributed by atoms with Crippen LogP contribution in [0, 0.1) is 6.92 Å². The Hall–Kier alpha value is -2.31. The van der Waals surface area contributed by atoms with E-state index >= 15 is 0 Å². The zero-order valence-electron chi connectivity index (χ0n) is 17.2. The summed E-state index contributed by atoms with van der Waals surface area (Å²) >= 11 is 1.75. The molecule has 2 heterocycles. The lowest BCUT2D eigenvalue weighted by Gasteiger charge is -2.24. The maximum absolute atomic E-state index is 12.9. The highest BCUT2D eigenvalue weighted by Crippen LogP contribution is 2.33. The Balaban J connectivity index is 1.50. The number of nitrogens with one attached hydrogen (secondary N) is 2. The van der Waals surface area contributed by atoms with Crippen molar-refractivity contribution in [2.45, 2.75) is 56.2 Å². The van der Waals surface area contributed by atoms with Crippen LogP contribution in [0.3, 0.4) is 0 Å². The topological polar surface area (TPSA) is 61.0 Å². The Morgan fingerprint density at radius 3 is 2.72 bits per heavy atom. The lowest BCUT2D eigenvalue weighted by Crippen LogP contribution is -2.45. The van der Waals surface area contributed by atoms with Gasteiger partial charge in [-0.1, -0.05) is 53.7 Å². The summed E-state index contributed by atoms with van der Waals surface area (Å²) < 4.78 is 0.